The lowest BCUT2D eigenvalue weighted by atomic mass is 9.73. The predicted octanol–water partition coefficient (Wildman–Crippen LogP) is 3.57. The zero-order chi connectivity index (χ0) is 11.8. The monoisotopic (exact) mass is 229 g/mol. The van der Waals surface area contributed by atoms with Crippen LogP contribution in [0, 0.1) is 11.8 Å². The van der Waals surface area contributed by atoms with Gasteiger partial charge in [-0.05, 0) is 36.7 Å². The van der Waals surface area contributed by atoms with Gasteiger partial charge in [0.05, 0.1) is 0 Å². The Bertz CT molecular complexity index is 364. The first kappa shape index (κ1) is 11.3. The van der Waals surface area contributed by atoms with Crippen LogP contribution >= 0.6 is 0 Å². The Morgan fingerprint density at radius 3 is 2.41 bits per heavy atom. The Hall–Kier alpha value is -0.820. The molecular weight excluding hydrogens is 206 g/mol. The molecule has 1 nitrogen and oxygen atoms in total. The molecule has 1 N–H and O–H groups in total. The Morgan fingerprint density at radius 1 is 1.06 bits per heavy atom. The van der Waals surface area contributed by atoms with Gasteiger partial charge in [0.1, 0.15) is 0 Å². The molecule has 92 valence electrons. The highest BCUT2D eigenvalue weighted by atomic mass is 15.0. The van der Waals surface area contributed by atoms with Crippen LogP contribution in [0.2, 0.25) is 0 Å². The molecule has 0 amide bonds. The highest BCUT2D eigenvalue weighted by Gasteiger charge is 2.42. The molecule has 0 heterocycles. The molecule has 2 unspecified atom stereocenters. The largest absolute Gasteiger partial charge is 0.311 e. The van der Waals surface area contributed by atoms with E-state index in [0.717, 1.165) is 29.8 Å². The normalized spacial score (nSPS) is 35.7. The second-order valence-electron chi connectivity index (χ2n) is 6.20. The summed E-state index contributed by atoms with van der Waals surface area (Å²) in [5, 5.41) is 3.82. The van der Waals surface area contributed by atoms with E-state index in [-0.39, 0.29) is 0 Å². The Balaban J connectivity index is 1.45. The predicted molar refractivity (Wildman–Crippen MR) is 72.1 cm³/mol. The maximum absolute atomic E-state index is 3.82. The van der Waals surface area contributed by atoms with E-state index in [1.54, 1.807) is 0 Å². The van der Waals surface area contributed by atoms with Crippen LogP contribution in [0.4, 0.5) is 0 Å². The average Bonchev–Trinajstić information content (AvgIpc) is 3.03. The van der Waals surface area contributed by atoms with Crippen LogP contribution in [0.3, 0.4) is 0 Å². The maximum atomic E-state index is 3.82. The van der Waals surface area contributed by atoms with Crippen LogP contribution in [0.5, 0.6) is 0 Å². The second kappa shape index (κ2) is 4.45. The zero-order valence-corrected chi connectivity index (χ0v) is 10.9. The van der Waals surface area contributed by atoms with Crippen molar-refractivity contribution in [2.24, 2.45) is 11.8 Å². The molecule has 0 aliphatic heterocycles. The van der Waals surface area contributed by atoms with E-state index in [9.17, 15) is 0 Å². The highest BCUT2D eigenvalue weighted by Crippen LogP contribution is 2.43. The minimum Gasteiger partial charge on any atom is -0.311 e. The van der Waals surface area contributed by atoms with Gasteiger partial charge >= 0.3 is 0 Å². The van der Waals surface area contributed by atoms with E-state index in [1.165, 1.54) is 24.8 Å². The molecule has 17 heavy (non-hydrogen) atoms. The first-order chi connectivity index (χ1) is 8.24. The summed E-state index contributed by atoms with van der Waals surface area (Å²) in [6.07, 6.45) is 4.14. The fraction of sp³-hybridized carbons (Fsp3) is 0.625. The molecule has 1 aromatic carbocycles. The lowest BCUT2D eigenvalue weighted by Gasteiger charge is -2.39. The maximum Gasteiger partial charge on any atom is 0.0145 e. The lowest BCUT2D eigenvalue weighted by molar-refractivity contribution is 0.167. The van der Waals surface area contributed by atoms with Gasteiger partial charge in [0, 0.05) is 18.0 Å². The van der Waals surface area contributed by atoms with E-state index < -0.39 is 0 Å². The van der Waals surface area contributed by atoms with Gasteiger partial charge in [0.25, 0.3) is 0 Å². The summed E-state index contributed by atoms with van der Waals surface area (Å²) < 4.78 is 0. The third-order valence-corrected chi connectivity index (χ3v) is 4.59. The summed E-state index contributed by atoms with van der Waals surface area (Å²) in [7, 11) is 0. The van der Waals surface area contributed by atoms with Crippen molar-refractivity contribution in [1.29, 1.82) is 0 Å². The smallest absolute Gasteiger partial charge is 0.0145 e. The van der Waals surface area contributed by atoms with Crippen LogP contribution in [-0.2, 0) is 0 Å². The Kier molecular flexibility index (Phi) is 2.96. The molecule has 2 aliphatic rings. The first-order valence-corrected chi connectivity index (χ1v) is 7.05. The van der Waals surface area contributed by atoms with Gasteiger partial charge in [-0.3, -0.25) is 0 Å². The number of hydrogen-bond acceptors (Lipinski definition) is 1. The van der Waals surface area contributed by atoms with Crippen LogP contribution in [0.25, 0.3) is 0 Å². The summed E-state index contributed by atoms with van der Waals surface area (Å²) in [5.41, 5.74) is 1.52. The van der Waals surface area contributed by atoms with Crippen molar-refractivity contribution in [1.82, 2.24) is 5.32 Å². The minimum atomic E-state index is 0.760. The van der Waals surface area contributed by atoms with E-state index in [4.69, 9.17) is 0 Å². The highest BCUT2D eigenvalue weighted by molar-refractivity contribution is 5.27. The molecule has 3 rings (SSSR count). The van der Waals surface area contributed by atoms with Crippen LogP contribution in [-0.4, -0.2) is 12.1 Å². The molecule has 2 fully saturated rings. The first-order valence-electron chi connectivity index (χ1n) is 7.05. The van der Waals surface area contributed by atoms with Gasteiger partial charge < -0.3 is 5.32 Å². The summed E-state index contributed by atoms with van der Waals surface area (Å²) in [6, 6.07) is 12.5. The topological polar surface area (TPSA) is 12.0 Å². The molecule has 2 saturated carbocycles. The third kappa shape index (κ3) is 2.40. The number of nitrogens with one attached hydrogen (secondary N) is 1. The van der Waals surface area contributed by atoms with E-state index >= 15 is 0 Å². The Morgan fingerprint density at radius 2 is 1.76 bits per heavy atom. The quantitative estimate of drug-likeness (QED) is 0.832. The molecule has 0 bridgehead atoms. The standard InChI is InChI=1S/C16H23N/c1-11(2)13-8-14(9-13)17-16-10-15(16)12-6-4-3-5-7-12/h3-7,11,13-17H,8-10H2,1-2H3. The van der Waals surface area contributed by atoms with E-state index in [0.29, 0.717) is 0 Å². The van der Waals surface area contributed by atoms with Gasteiger partial charge in [-0.15, -0.1) is 0 Å². The van der Waals surface area contributed by atoms with E-state index in [1.807, 2.05) is 0 Å². The number of hydrogen-bond donors (Lipinski definition) is 1. The molecule has 0 radical (unpaired) electrons. The van der Waals surface area contributed by atoms with Crippen LogP contribution in [0.15, 0.2) is 30.3 Å². The van der Waals surface area contributed by atoms with Crippen LogP contribution < -0.4 is 5.32 Å². The van der Waals surface area contributed by atoms with Crippen LogP contribution in [0.1, 0.15) is 44.6 Å². The Labute approximate surface area is 105 Å². The fourth-order valence-electron chi connectivity index (χ4n) is 3.09. The summed E-state index contributed by atoms with van der Waals surface area (Å²) in [4.78, 5) is 0. The molecule has 0 aromatic heterocycles. The fourth-order valence-corrected chi connectivity index (χ4v) is 3.09. The molecule has 0 spiro atoms. The van der Waals surface area contributed by atoms with Crippen molar-refractivity contribution in [3.05, 3.63) is 35.9 Å². The van der Waals surface area contributed by atoms with Crippen molar-refractivity contribution in [3.8, 4) is 0 Å². The molecule has 1 heteroatoms. The number of benzene rings is 1. The summed E-state index contributed by atoms with van der Waals surface area (Å²) in [5.74, 6) is 2.63. The average molecular weight is 229 g/mol. The van der Waals surface area contributed by atoms with Crippen molar-refractivity contribution in [2.75, 3.05) is 0 Å². The molecule has 1 aromatic rings. The molecule has 0 saturated heterocycles. The molecule has 2 aliphatic carbocycles. The second-order valence-corrected chi connectivity index (χ2v) is 6.20. The van der Waals surface area contributed by atoms with Gasteiger partial charge in [-0.2, -0.15) is 0 Å². The summed E-state index contributed by atoms with van der Waals surface area (Å²) in [6.45, 7) is 4.70. The zero-order valence-electron chi connectivity index (χ0n) is 10.9. The van der Waals surface area contributed by atoms with Crippen molar-refractivity contribution in [2.45, 2.75) is 51.1 Å². The SMILES string of the molecule is CC(C)C1CC(NC2CC2c2ccccc2)C1. The molecular formula is C16H23N. The van der Waals surface area contributed by atoms with Crippen molar-refractivity contribution >= 4 is 0 Å². The lowest BCUT2D eigenvalue weighted by Crippen LogP contribution is -2.44. The van der Waals surface area contributed by atoms with E-state index in [2.05, 4.69) is 49.5 Å². The van der Waals surface area contributed by atoms with Gasteiger partial charge in [0.2, 0.25) is 0 Å². The van der Waals surface area contributed by atoms with Gasteiger partial charge in [0.15, 0.2) is 0 Å². The minimum absolute atomic E-state index is 0.760. The van der Waals surface area contributed by atoms with Gasteiger partial charge in [-0.1, -0.05) is 44.2 Å². The van der Waals surface area contributed by atoms with Crippen molar-refractivity contribution < 1.29 is 0 Å². The molecule has 2 atom stereocenters. The summed E-state index contributed by atoms with van der Waals surface area (Å²) >= 11 is 0. The van der Waals surface area contributed by atoms with Gasteiger partial charge in [-0.25, -0.2) is 0 Å². The number of rotatable bonds is 4. The van der Waals surface area contributed by atoms with Crippen molar-refractivity contribution in [3.63, 3.8) is 0 Å². The third-order valence-electron chi connectivity index (χ3n) is 4.59.